The number of carbonyl (C=O) groups excluding carboxylic acids is 1. The molecule has 0 saturated carbocycles. The number of alkyl halides is 3. The van der Waals surface area contributed by atoms with Crippen LogP contribution in [0.4, 0.5) is 13.2 Å². The van der Waals surface area contributed by atoms with Crippen LogP contribution in [0.3, 0.4) is 0 Å². The average molecular weight is 418 g/mol. The van der Waals surface area contributed by atoms with E-state index in [0.29, 0.717) is 30.3 Å². The van der Waals surface area contributed by atoms with Crippen LogP contribution < -0.4 is 4.74 Å². The van der Waals surface area contributed by atoms with Gasteiger partial charge in [-0.25, -0.2) is 0 Å². The first kappa shape index (κ1) is 20.2. The highest BCUT2D eigenvalue weighted by Crippen LogP contribution is 2.31. The molecule has 1 fully saturated rings. The van der Waals surface area contributed by atoms with Gasteiger partial charge in [0.05, 0.1) is 19.1 Å². The van der Waals surface area contributed by atoms with E-state index in [0.717, 1.165) is 30.7 Å². The Bertz CT molecular complexity index is 1060. The summed E-state index contributed by atoms with van der Waals surface area (Å²) in [6.07, 6.45) is -1.74. The minimum absolute atomic E-state index is 0.0472. The molecule has 1 aromatic carbocycles. The zero-order chi connectivity index (χ0) is 21.3. The standard InChI is InChI=1S/C21H21F3N4O2/c1-30-17-7-3-2-5-14(17)11-19(29)27-10-4-6-15(12-27)20-26-25-18-9-8-16(13-28(18)20)21(22,23)24/h2-3,5,7-9,13,15H,4,6,10-12H2,1H3. The number of amides is 1. The molecule has 0 N–H and O–H groups in total. The van der Waals surface area contributed by atoms with E-state index in [9.17, 15) is 18.0 Å². The summed E-state index contributed by atoms with van der Waals surface area (Å²) in [6, 6.07) is 9.66. The third kappa shape index (κ3) is 3.96. The molecule has 0 bridgehead atoms. The predicted molar refractivity (Wildman–Crippen MR) is 103 cm³/mol. The van der Waals surface area contributed by atoms with Crippen LogP contribution in [0, 0.1) is 0 Å². The van der Waals surface area contributed by atoms with Gasteiger partial charge in [0.2, 0.25) is 5.91 Å². The van der Waals surface area contributed by atoms with Crippen LogP contribution in [-0.4, -0.2) is 45.6 Å². The van der Waals surface area contributed by atoms with Crippen LogP contribution in [0.5, 0.6) is 5.75 Å². The molecule has 30 heavy (non-hydrogen) atoms. The molecule has 0 radical (unpaired) electrons. The van der Waals surface area contributed by atoms with Gasteiger partial charge in [0.15, 0.2) is 5.65 Å². The number of methoxy groups -OCH3 is 1. The molecular formula is C21H21F3N4O2. The van der Waals surface area contributed by atoms with Crippen molar-refractivity contribution in [1.29, 1.82) is 0 Å². The Hall–Kier alpha value is -3.10. The van der Waals surface area contributed by atoms with E-state index in [1.807, 2.05) is 24.3 Å². The largest absolute Gasteiger partial charge is 0.496 e. The van der Waals surface area contributed by atoms with Crippen molar-refractivity contribution in [1.82, 2.24) is 19.5 Å². The van der Waals surface area contributed by atoms with E-state index >= 15 is 0 Å². The summed E-state index contributed by atoms with van der Waals surface area (Å²) in [5, 5.41) is 8.14. The number of pyridine rings is 1. The van der Waals surface area contributed by atoms with Gasteiger partial charge < -0.3 is 9.64 Å². The molecule has 1 atom stereocenters. The van der Waals surface area contributed by atoms with Gasteiger partial charge in [-0.2, -0.15) is 13.2 Å². The number of hydrogen-bond acceptors (Lipinski definition) is 4. The number of carbonyl (C=O) groups is 1. The van der Waals surface area contributed by atoms with Gasteiger partial charge in [0.1, 0.15) is 11.6 Å². The lowest BCUT2D eigenvalue weighted by Gasteiger charge is -2.32. The van der Waals surface area contributed by atoms with Crippen molar-refractivity contribution in [3.05, 3.63) is 59.5 Å². The van der Waals surface area contributed by atoms with Gasteiger partial charge in [-0.3, -0.25) is 9.20 Å². The maximum atomic E-state index is 13.1. The molecule has 0 aliphatic carbocycles. The van der Waals surface area contributed by atoms with Crippen LogP contribution in [0.1, 0.15) is 35.7 Å². The third-order valence-corrected chi connectivity index (χ3v) is 5.43. The maximum Gasteiger partial charge on any atom is 0.417 e. The lowest BCUT2D eigenvalue weighted by atomic mass is 9.96. The highest BCUT2D eigenvalue weighted by atomic mass is 19.4. The van der Waals surface area contributed by atoms with Gasteiger partial charge in [0, 0.05) is 30.8 Å². The summed E-state index contributed by atoms with van der Waals surface area (Å²) in [5.74, 6) is 0.876. The van der Waals surface area contributed by atoms with Crippen molar-refractivity contribution in [2.24, 2.45) is 0 Å². The van der Waals surface area contributed by atoms with E-state index in [2.05, 4.69) is 10.2 Å². The van der Waals surface area contributed by atoms with Gasteiger partial charge in [-0.1, -0.05) is 18.2 Å². The number of fused-ring (bicyclic) bond motifs is 1. The van der Waals surface area contributed by atoms with Crippen LogP contribution in [0.25, 0.3) is 5.65 Å². The maximum absolute atomic E-state index is 13.1. The van der Waals surface area contributed by atoms with Crippen LogP contribution in [-0.2, 0) is 17.4 Å². The molecule has 9 heteroatoms. The first-order chi connectivity index (χ1) is 14.4. The molecule has 3 aromatic rings. The highest BCUT2D eigenvalue weighted by Gasteiger charge is 2.32. The van der Waals surface area contributed by atoms with Crippen molar-refractivity contribution in [2.45, 2.75) is 31.4 Å². The minimum atomic E-state index is -4.45. The molecule has 1 aliphatic rings. The van der Waals surface area contributed by atoms with Gasteiger partial charge in [-0.05, 0) is 31.0 Å². The average Bonchev–Trinajstić information content (AvgIpc) is 3.17. The number of ether oxygens (including phenoxy) is 1. The fourth-order valence-electron chi connectivity index (χ4n) is 3.89. The van der Waals surface area contributed by atoms with Crippen LogP contribution >= 0.6 is 0 Å². The van der Waals surface area contributed by atoms with Crippen molar-refractivity contribution in [2.75, 3.05) is 20.2 Å². The zero-order valence-corrected chi connectivity index (χ0v) is 16.4. The summed E-state index contributed by atoms with van der Waals surface area (Å²) in [4.78, 5) is 14.6. The van der Waals surface area contributed by atoms with Crippen molar-refractivity contribution in [3.8, 4) is 5.75 Å². The van der Waals surface area contributed by atoms with Crippen LogP contribution in [0.15, 0.2) is 42.6 Å². The Morgan fingerprint density at radius 2 is 2.00 bits per heavy atom. The Morgan fingerprint density at radius 3 is 2.77 bits per heavy atom. The van der Waals surface area contributed by atoms with E-state index < -0.39 is 11.7 Å². The molecule has 0 spiro atoms. The zero-order valence-electron chi connectivity index (χ0n) is 16.4. The SMILES string of the molecule is COc1ccccc1CC(=O)N1CCCC(c2nnc3ccc(C(F)(F)F)cn23)C1. The second-order valence-corrected chi connectivity index (χ2v) is 7.37. The summed E-state index contributed by atoms with van der Waals surface area (Å²) in [6.45, 7) is 1.00. The molecule has 1 amide bonds. The Kier molecular flexibility index (Phi) is 5.36. The smallest absolute Gasteiger partial charge is 0.417 e. The third-order valence-electron chi connectivity index (χ3n) is 5.43. The van der Waals surface area contributed by atoms with E-state index in [-0.39, 0.29) is 18.2 Å². The first-order valence-corrected chi connectivity index (χ1v) is 9.68. The highest BCUT2D eigenvalue weighted by molar-refractivity contribution is 5.79. The summed E-state index contributed by atoms with van der Waals surface area (Å²) < 4.78 is 46.1. The second kappa shape index (κ2) is 7.97. The lowest BCUT2D eigenvalue weighted by Crippen LogP contribution is -2.40. The Balaban J connectivity index is 1.55. The molecule has 158 valence electrons. The molecule has 1 aliphatic heterocycles. The number of halogens is 3. The predicted octanol–water partition coefficient (Wildman–Crippen LogP) is 3.71. The Morgan fingerprint density at radius 1 is 1.20 bits per heavy atom. The topological polar surface area (TPSA) is 59.7 Å². The minimum Gasteiger partial charge on any atom is -0.496 e. The number of aromatic nitrogens is 3. The number of piperidine rings is 1. The number of nitrogens with zero attached hydrogens (tertiary/aromatic N) is 4. The molecule has 1 saturated heterocycles. The summed E-state index contributed by atoms with van der Waals surface area (Å²) >= 11 is 0. The molecule has 2 aromatic heterocycles. The fraction of sp³-hybridized carbons (Fsp3) is 0.381. The molecular weight excluding hydrogens is 397 g/mol. The number of benzene rings is 1. The monoisotopic (exact) mass is 418 g/mol. The lowest BCUT2D eigenvalue weighted by molar-refractivity contribution is -0.137. The van der Waals surface area contributed by atoms with Gasteiger partial charge in [-0.15, -0.1) is 10.2 Å². The number of likely N-dealkylation sites (tertiary alicyclic amines) is 1. The van der Waals surface area contributed by atoms with E-state index in [4.69, 9.17) is 4.74 Å². The quantitative estimate of drug-likeness (QED) is 0.648. The summed E-state index contributed by atoms with van der Waals surface area (Å²) in [5.41, 5.74) is 0.404. The van der Waals surface area contributed by atoms with E-state index in [1.165, 1.54) is 10.5 Å². The molecule has 4 rings (SSSR count). The summed E-state index contributed by atoms with van der Waals surface area (Å²) in [7, 11) is 1.56. The first-order valence-electron chi connectivity index (χ1n) is 9.68. The van der Waals surface area contributed by atoms with Crippen molar-refractivity contribution >= 4 is 11.6 Å². The van der Waals surface area contributed by atoms with Crippen molar-refractivity contribution in [3.63, 3.8) is 0 Å². The number of rotatable bonds is 4. The molecule has 6 nitrogen and oxygen atoms in total. The van der Waals surface area contributed by atoms with Crippen LogP contribution in [0.2, 0.25) is 0 Å². The van der Waals surface area contributed by atoms with Crippen molar-refractivity contribution < 1.29 is 22.7 Å². The normalized spacial score (nSPS) is 17.3. The van der Waals surface area contributed by atoms with Gasteiger partial charge in [0.25, 0.3) is 0 Å². The second-order valence-electron chi connectivity index (χ2n) is 7.37. The fourth-order valence-corrected chi connectivity index (χ4v) is 3.89. The number of para-hydroxylation sites is 1. The van der Waals surface area contributed by atoms with Gasteiger partial charge >= 0.3 is 6.18 Å². The number of hydrogen-bond donors (Lipinski definition) is 0. The molecule has 3 heterocycles. The molecule has 1 unspecified atom stereocenters. The Labute approximate surface area is 171 Å². The van der Waals surface area contributed by atoms with E-state index in [1.54, 1.807) is 12.0 Å².